The lowest BCUT2D eigenvalue weighted by atomic mass is 10.1. The molecule has 0 saturated carbocycles. The fourth-order valence-corrected chi connectivity index (χ4v) is 2.99. The first-order valence-corrected chi connectivity index (χ1v) is 7.32. The second kappa shape index (κ2) is 5.99. The van der Waals surface area contributed by atoms with Crippen molar-refractivity contribution in [1.82, 2.24) is 10.2 Å². The molecule has 0 aliphatic carbocycles. The van der Waals surface area contributed by atoms with E-state index in [1.807, 2.05) is 0 Å². The van der Waals surface area contributed by atoms with Gasteiger partial charge in [-0.25, -0.2) is 4.39 Å². The summed E-state index contributed by atoms with van der Waals surface area (Å²) in [6, 6.07) is 4.62. The van der Waals surface area contributed by atoms with Crippen LogP contribution in [-0.4, -0.2) is 49.2 Å². The van der Waals surface area contributed by atoms with Crippen molar-refractivity contribution in [2.24, 2.45) is 0 Å². The van der Waals surface area contributed by atoms with Crippen LogP contribution in [0.15, 0.2) is 18.2 Å². The third-order valence-electron chi connectivity index (χ3n) is 4.21. The summed E-state index contributed by atoms with van der Waals surface area (Å²) in [5, 5.41) is 2.80. The molecule has 0 spiro atoms. The minimum atomic E-state index is -0.573. The van der Waals surface area contributed by atoms with Crippen molar-refractivity contribution in [3.05, 3.63) is 29.6 Å². The summed E-state index contributed by atoms with van der Waals surface area (Å²) >= 11 is 0. The number of ether oxygens (including phenoxy) is 1. The number of anilines is 1. The molecule has 3 N–H and O–H groups in total. The van der Waals surface area contributed by atoms with E-state index in [-0.39, 0.29) is 23.3 Å². The predicted octanol–water partition coefficient (Wildman–Crippen LogP) is 1.00. The van der Waals surface area contributed by atoms with Gasteiger partial charge < -0.3 is 15.8 Å². The molecule has 1 amide bonds. The molecule has 2 heterocycles. The Morgan fingerprint density at radius 1 is 1.52 bits per heavy atom. The number of nitrogens with two attached hydrogens (primary N) is 1. The molecule has 6 heteroatoms. The smallest absolute Gasteiger partial charge is 0.251 e. The maximum Gasteiger partial charge on any atom is 0.251 e. The summed E-state index contributed by atoms with van der Waals surface area (Å²) < 4.78 is 19.1. The van der Waals surface area contributed by atoms with Crippen LogP contribution >= 0.6 is 0 Å². The van der Waals surface area contributed by atoms with Crippen molar-refractivity contribution in [3.8, 4) is 0 Å². The van der Waals surface area contributed by atoms with Crippen LogP contribution in [0.3, 0.4) is 0 Å². The third-order valence-corrected chi connectivity index (χ3v) is 4.21. The van der Waals surface area contributed by atoms with Gasteiger partial charge >= 0.3 is 0 Å². The number of rotatable bonds is 3. The maximum atomic E-state index is 13.3. The van der Waals surface area contributed by atoms with Gasteiger partial charge in [0.2, 0.25) is 0 Å². The fourth-order valence-electron chi connectivity index (χ4n) is 2.99. The van der Waals surface area contributed by atoms with Gasteiger partial charge in [0, 0.05) is 24.7 Å². The van der Waals surface area contributed by atoms with E-state index in [1.54, 1.807) is 0 Å². The van der Waals surface area contributed by atoms with Gasteiger partial charge in [0.25, 0.3) is 5.91 Å². The molecule has 2 saturated heterocycles. The summed E-state index contributed by atoms with van der Waals surface area (Å²) in [5.41, 5.74) is 5.72. The molecular formula is C15H20FN3O2. The number of hydrogen-bond acceptors (Lipinski definition) is 4. The average Bonchev–Trinajstić information content (AvgIpc) is 2.95. The van der Waals surface area contributed by atoms with Gasteiger partial charge in [0.15, 0.2) is 0 Å². The van der Waals surface area contributed by atoms with E-state index in [0.29, 0.717) is 12.6 Å². The van der Waals surface area contributed by atoms with E-state index < -0.39 is 5.82 Å². The SMILES string of the molecule is Nc1ccc(C(=O)NCC2CN3CCCC3CO2)cc1F. The second-order valence-electron chi connectivity index (χ2n) is 5.69. The molecule has 1 aromatic carbocycles. The highest BCUT2D eigenvalue weighted by atomic mass is 19.1. The zero-order chi connectivity index (χ0) is 14.8. The van der Waals surface area contributed by atoms with Crippen molar-refractivity contribution < 1.29 is 13.9 Å². The van der Waals surface area contributed by atoms with Gasteiger partial charge in [-0.3, -0.25) is 9.69 Å². The van der Waals surface area contributed by atoms with Gasteiger partial charge in [-0.05, 0) is 37.6 Å². The second-order valence-corrected chi connectivity index (χ2v) is 5.69. The molecule has 2 unspecified atom stereocenters. The predicted molar refractivity (Wildman–Crippen MR) is 77.5 cm³/mol. The number of nitrogens with zero attached hydrogens (tertiary/aromatic N) is 1. The van der Waals surface area contributed by atoms with Gasteiger partial charge in [0.1, 0.15) is 5.82 Å². The molecule has 0 radical (unpaired) electrons. The topological polar surface area (TPSA) is 67.6 Å². The summed E-state index contributed by atoms with van der Waals surface area (Å²) in [7, 11) is 0. The van der Waals surface area contributed by atoms with E-state index in [9.17, 15) is 9.18 Å². The van der Waals surface area contributed by atoms with Crippen LogP contribution in [0.4, 0.5) is 10.1 Å². The van der Waals surface area contributed by atoms with Crippen LogP contribution in [0.5, 0.6) is 0 Å². The molecule has 2 atom stereocenters. The molecule has 1 aromatic rings. The summed E-state index contributed by atoms with van der Waals surface area (Å²) in [5.74, 6) is -0.877. The van der Waals surface area contributed by atoms with Crippen molar-refractivity contribution in [2.75, 3.05) is 32.0 Å². The first-order chi connectivity index (χ1) is 10.1. The van der Waals surface area contributed by atoms with Crippen LogP contribution in [0.25, 0.3) is 0 Å². The highest BCUT2D eigenvalue weighted by Crippen LogP contribution is 2.22. The molecule has 0 bridgehead atoms. The molecule has 3 rings (SSSR count). The number of carbonyl (C=O) groups excluding carboxylic acids is 1. The Morgan fingerprint density at radius 2 is 2.38 bits per heavy atom. The zero-order valence-electron chi connectivity index (χ0n) is 11.8. The molecular weight excluding hydrogens is 273 g/mol. The number of halogens is 1. The van der Waals surface area contributed by atoms with Crippen molar-refractivity contribution in [1.29, 1.82) is 0 Å². The van der Waals surface area contributed by atoms with E-state index in [0.717, 1.165) is 25.8 Å². The molecule has 21 heavy (non-hydrogen) atoms. The molecule has 114 valence electrons. The first kappa shape index (κ1) is 14.3. The molecule has 2 aliphatic heterocycles. The molecule has 2 fully saturated rings. The summed E-state index contributed by atoms with van der Waals surface area (Å²) in [6.07, 6.45) is 2.42. The molecule has 5 nitrogen and oxygen atoms in total. The highest BCUT2D eigenvalue weighted by Gasteiger charge is 2.32. The summed E-state index contributed by atoms with van der Waals surface area (Å²) in [6.45, 7) is 3.13. The van der Waals surface area contributed by atoms with Crippen LogP contribution < -0.4 is 11.1 Å². The summed E-state index contributed by atoms with van der Waals surface area (Å²) in [4.78, 5) is 14.4. The Hall–Kier alpha value is -1.66. The van der Waals surface area contributed by atoms with Gasteiger partial charge in [-0.1, -0.05) is 0 Å². The number of hydrogen-bond donors (Lipinski definition) is 2. The van der Waals surface area contributed by atoms with E-state index >= 15 is 0 Å². The number of carbonyl (C=O) groups is 1. The monoisotopic (exact) mass is 293 g/mol. The van der Waals surface area contributed by atoms with Gasteiger partial charge in [0.05, 0.1) is 18.4 Å². The Balaban J connectivity index is 1.52. The van der Waals surface area contributed by atoms with Gasteiger partial charge in [-0.15, -0.1) is 0 Å². The van der Waals surface area contributed by atoms with Crippen LogP contribution in [-0.2, 0) is 4.74 Å². The lowest BCUT2D eigenvalue weighted by Gasteiger charge is -2.35. The fraction of sp³-hybridized carbons (Fsp3) is 0.533. The standard InChI is InChI=1S/C15H20FN3O2/c16-13-6-10(3-4-14(13)17)15(20)18-7-12-8-19-5-1-2-11(19)9-21-12/h3-4,6,11-12H,1-2,5,7-9,17H2,(H,18,20). The van der Waals surface area contributed by atoms with E-state index in [1.165, 1.54) is 25.0 Å². The highest BCUT2D eigenvalue weighted by molar-refractivity contribution is 5.94. The average molecular weight is 293 g/mol. The van der Waals surface area contributed by atoms with Crippen LogP contribution in [0.1, 0.15) is 23.2 Å². The Morgan fingerprint density at radius 3 is 3.19 bits per heavy atom. The molecule has 0 aromatic heterocycles. The first-order valence-electron chi connectivity index (χ1n) is 7.32. The Labute approximate surface area is 123 Å². The Bertz CT molecular complexity index is 538. The van der Waals surface area contributed by atoms with E-state index in [2.05, 4.69) is 10.2 Å². The minimum Gasteiger partial charge on any atom is -0.396 e. The van der Waals surface area contributed by atoms with Crippen molar-refractivity contribution >= 4 is 11.6 Å². The number of morpholine rings is 1. The van der Waals surface area contributed by atoms with E-state index in [4.69, 9.17) is 10.5 Å². The van der Waals surface area contributed by atoms with Gasteiger partial charge in [-0.2, -0.15) is 0 Å². The third kappa shape index (κ3) is 3.16. The lowest BCUT2D eigenvalue weighted by Crippen LogP contribution is -2.50. The number of fused-ring (bicyclic) bond motifs is 1. The minimum absolute atomic E-state index is 0.00179. The number of nitrogen functional groups attached to an aromatic ring is 1. The lowest BCUT2D eigenvalue weighted by molar-refractivity contribution is -0.0461. The Kier molecular flexibility index (Phi) is 4.07. The van der Waals surface area contributed by atoms with Crippen LogP contribution in [0.2, 0.25) is 0 Å². The van der Waals surface area contributed by atoms with Crippen molar-refractivity contribution in [3.63, 3.8) is 0 Å². The molecule has 2 aliphatic rings. The maximum absolute atomic E-state index is 13.3. The number of amides is 1. The largest absolute Gasteiger partial charge is 0.396 e. The normalized spacial score (nSPS) is 25.6. The quantitative estimate of drug-likeness (QED) is 0.816. The van der Waals surface area contributed by atoms with Crippen LogP contribution in [0, 0.1) is 5.82 Å². The zero-order valence-corrected chi connectivity index (χ0v) is 11.8. The number of benzene rings is 1. The number of nitrogens with one attached hydrogen (secondary N) is 1. The van der Waals surface area contributed by atoms with Crippen molar-refractivity contribution in [2.45, 2.75) is 25.0 Å².